The van der Waals surface area contributed by atoms with Crippen LogP contribution >= 0.6 is 34.9 Å². The second kappa shape index (κ2) is 12.6. The van der Waals surface area contributed by atoms with Crippen LogP contribution in [0.15, 0.2) is 51.2 Å². The Bertz CT molecular complexity index is 1380. The summed E-state index contributed by atoms with van der Waals surface area (Å²) >= 11 is 3.72. The Kier molecular flexibility index (Phi) is 9.26. The fourth-order valence-electron chi connectivity index (χ4n) is 3.74. The molecule has 2 aliphatic rings. The molecule has 212 valence electrons. The molecule has 4 heterocycles. The molecule has 2 amide bonds. The van der Waals surface area contributed by atoms with E-state index in [0.717, 1.165) is 21.1 Å². The Morgan fingerprint density at radius 2 is 2.10 bits per heavy atom. The summed E-state index contributed by atoms with van der Waals surface area (Å²) in [5.41, 5.74) is 5.72. The van der Waals surface area contributed by atoms with Crippen LogP contribution in [-0.4, -0.2) is 85.3 Å². The standard InChI is InChI=1S/C23H23FN6O7S3/c1-11(21(33)34)37-28-15(14-10-40-23(25)26-14)18(31)27-16-19(32)30-17(22(35)36)12(9-39-20(16)30)8-38-13-2-5-29(6-3-13)7-4-24/h2-3,5-6,10-11,16,20H,4,7-9H2,1H3,(H4-,25,26,27,31,33,34,35,36)/p+1/b28-15-/t11?,16-,20-/m1/s1. The number of thioether (sulfide) groups is 2. The number of aromatic nitrogens is 2. The summed E-state index contributed by atoms with van der Waals surface area (Å²) in [6.07, 6.45) is 2.11. The van der Waals surface area contributed by atoms with Gasteiger partial charge in [0.2, 0.25) is 6.10 Å². The molecule has 2 aliphatic heterocycles. The molecule has 0 aromatic carbocycles. The lowest BCUT2D eigenvalue weighted by Gasteiger charge is -2.49. The molecule has 2 aromatic rings. The predicted molar refractivity (Wildman–Crippen MR) is 144 cm³/mol. The maximum atomic E-state index is 13.1. The van der Waals surface area contributed by atoms with E-state index in [0.29, 0.717) is 17.1 Å². The lowest BCUT2D eigenvalue weighted by molar-refractivity contribution is -0.697. The van der Waals surface area contributed by atoms with Crippen molar-refractivity contribution in [2.45, 2.75) is 35.9 Å². The maximum absolute atomic E-state index is 13.1. The molecule has 0 bridgehead atoms. The number of pyridine rings is 1. The highest BCUT2D eigenvalue weighted by atomic mass is 32.2. The highest BCUT2D eigenvalue weighted by molar-refractivity contribution is 8.01. The van der Waals surface area contributed by atoms with Crippen LogP contribution in [-0.2, 0) is 30.6 Å². The minimum atomic E-state index is -1.36. The second-order valence-electron chi connectivity index (χ2n) is 8.46. The summed E-state index contributed by atoms with van der Waals surface area (Å²) in [5.74, 6) is -3.42. The largest absolute Gasteiger partial charge is 0.478 e. The Labute approximate surface area is 239 Å². The number of carboxylic acids is 2. The van der Waals surface area contributed by atoms with E-state index in [1.165, 1.54) is 35.8 Å². The number of thiazole rings is 1. The third-order valence-corrected chi connectivity index (χ3v) is 8.89. The molecule has 17 heteroatoms. The van der Waals surface area contributed by atoms with Crippen molar-refractivity contribution in [3.8, 4) is 0 Å². The van der Waals surface area contributed by atoms with Gasteiger partial charge < -0.3 is 26.1 Å². The Hall–Kier alpha value is -3.70. The number of nitrogens with zero attached hydrogens (tertiary/aromatic N) is 4. The molecule has 1 saturated heterocycles. The Balaban J connectivity index is 1.47. The van der Waals surface area contributed by atoms with Gasteiger partial charge in [-0.1, -0.05) is 5.16 Å². The highest BCUT2D eigenvalue weighted by Crippen LogP contribution is 2.41. The van der Waals surface area contributed by atoms with Gasteiger partial charge in [0.05, 0.1) is 0 Å². The first kappa shape index (κ1) is 29.3. The van der Waals surface area contributed by atoms with Crippen LogP contribution in [0, 0.1) is 0 Å². The van der Waals surface area contributed by atoms with Gasteiger partial charge >= 0.3 is 11.9 Å². The van der Waals surface area contributed by atoms with Crippen molar-refractivity contribution in [1.82, 2.24) is 15.2 Å². The van der Waals surface area contributed by atoms with Gasteiger partial charge in [0.15, 0.2) is 29.8 Å². The summed E-state index contributed by atoms with van der Waals surface area (Å²) < 4.78 is 14.2. The molecule has 0 spiro atoms. The van der Waals surface area contributed by atoms with Crippen LogP contribution in [0.3, 0.4) is 0 Å². The average molecular weight is 612 g/mol. The fraction of sp³-hybridized carbons (Fsp3) is 0.348. The van der Waals surface area contributed by atoms with E-state index in [1.807, 2.05) is 0 Å². The number of aliphatic carboxylic acids is 2. The predicted octanol–water partition coefficient (Wildman–Crippen LogP) is 0.707. The van der Waals surface area contributed by atoms with E-state index in [-0.39, 0.29) is 28.8 Å². The van der Waals surface area contributed by atoms with E-state index < -0.39 is 47.9 Å². The van der Waals surface area contributed by atoms with Crippen LogP contribution in [0.25, 0.3) is 0 Å². The number of oxime groups is 1. The van der Waals surface area contributed by atoms with E-state index >= 15 is 0 Å². The Morgan fingerprint density at radius 3 is 2.70 bits per heavy atom. The van der Waals surface area contributed by atoms with Crippen LogP contribution in [0.5, 0.6) is 0 Å². The van der Waals surface area contributed by atoms with Crippen molar-refractivity contribution in [3.05, 3.63) is 46.9 Å². The third-order valence-electron chi connectivity index (χ3n) is 5.78. The molecule has 40 heavy (non-hydrogen) atoms. The average Bonchev–Trinajstić information content (AvgIpc) is 3.36. The molecule has 3 atom stereocenters. The quantitative estimate of drug-likeness (QED) is 0.0870. The summed E-state index contributed by atoms with van der Waals surface area (Å²) in [4.78, 5) is 60.3. The number of rotatable bonds is 12. The molecular weight excluding hydrogens is 587 g/mol. The topological polar surface area (TPSA) is 188 Å². The van der Waals surface area contributed by atoms with Crippen molar-refractivity contribution in [1.29, 1.82) is 0 Å². The number of aryl methyl sites for hydroxylation is 1. The molecule has 5 N–H and O–H groups in total. The monoisotopic (exact) mass is 611 g/mol. The van der Waals surface area contributed by atoms with E-state index in [9.17, 15) is 28.7 Å². The number of hydrogen-bond acceptors (Lipinski definition) is 11. The second-order valence-corrected chi connectivity index (χ2v) is 11.5. The summed E-state index contributed by atoms with van der Waals surface area (Å²) in [5, 5.41) is 26.0. The molecule has 2 aromatic heterocycles. The highest BCUT2D eigenvalue weighted by Gasteiger charge is 2.54. The SMILES string of the molecule is CC(O/N=C(\C(=O)N[C@@H]1C(=O)N2C(C(=O)O)=C(CSc3cc[n+](CCF)cc3)CS[C@H]12)c1csc(N)n1)C(=O)O. The lowest BCUT2D eigenvalue weighted by atomic mass is 10.0. The molecule has 13 nitrogen and oxygen atoms in total. The zero-order valence-electron chi connectivity index (χ0n) is 20.9. The summed E-state index contributed by atoms with van der Waals surface area (Å²) in [6.45, 7) is 0.978. The van der Waals surface area contributed by atoms with Gasteiger partial charge in [-0.15, -0.1) is 34.9 Å². The molecule has 1 fully saturated rings. The fourth-order valence-corrected chi connectivity index (χ4v) is 6.66. The molecule has 4 rings (SSSR count). The molecular formula is C23H24FN6O7S3+. The zero-order valence-corrected chi connectivity index (χ0v) is 23.3. The van der Waals surface area contributed by atoms with Crippen LogP contribution in [0.4, 0.5) is 9.52 Å². The number of carbonyl (C=O) groups is 4. The van der Waals surface area contributed by atoms with Gasteiger partial charge in [0.1, 0.15) is 29.5 Å². The van der Waals surface area contributed by atoms with Gasteiger partial charge in [-0.3, -0.25) is 14.5 Å². The van der Waals surface area contributed by atoms with Gasteiger partial charge in [-0.25, -0.2) is 23.5 Å². The molecule has 0 aliphatic carbocycles. The van der Waals surface area contributed by atoms with E-state index in [1.54, 1.807) is 29.1 Å². The number of nitrogens with one attached hydrogen (secondary N) is 1. The van der Waals surface area contributed by atoms with Crippen molar-refractivity contribution in [2.75, 3.05) is 23.9 Å². The first-order valence-corrected chi connectivity index (χ1v) is 14.6. The smallest absolute Gasteiger partial charge is 0.352 e. The van der Waals surface area contributed by atoms with E-state index in [2.05, 4.69) is 15.5 Å². The minimum absolute atomic E-state index is 0.0269. The van der Waals surface area contributed by atoms with Crippen molar-refractivity contribution < 1.29 is 43.2 Å². The number of β-lactam (4-membered cyclic amide) rings is 1. The number of amides is 2. The summed E-state index contributed by atoms with van der Waals surface area (Å²) in [6, 6.07) is 2.55. The van der Waals surface area contributed by atoms with Crippen LogP contribution in [0.1, 0.15) is 12.6 Å². The number of hydrogen-bond donors (Lipinski definition) is 4. The van der Waals surface area contributed by atoms with Gasteiger partial charge in [-0.05, 0) is 12.5 Å². The van der Waals surface area contributed by atoms with Gasteiger partial charge in [-0.2, -0.15) is 0 Å². The number of carbonyl (C=O) groups excluding carboxylic acids is 2. The normalized spacial score (nSPS) is 19.5. The zero-order chi connectivity index (χ0) is 29.0. The number of nitrogen functional groups attached to an aromatic ring is 1. The molecule has 0 radical (unpaired) electrons. The first-order valence-electron chi connectivity index (χ1n) is 11.7. The number of alkyl halides is 1. The van der Waals surface area contributed by atoms with Crippen molar-refractivity contribution in [3.63, 3.8) is 0 Å². The van der Waals surface area contributed by atoms with Crippen molar-refractivity contribution >= 4 is 69.5 Å². The number of nitrogens with two attached hydrogens (primary N) is 1. The number of fused-ring (bicyclic) bond motifs is 1. The maximum Gasteiger partial charge on any atom is 0.352 e. The first-order chi connectivity index (χ1) is 19.1. The minimum Gasteiger partial charge on any atom is -0.478 e. The number of anilines is 1. The molecule has 1 unspecified atom stereocenters. The van der Waals surface area contributed by atoms with Crippen LogP contribution < -0.4 is 15.6 Å². The van der Waals surface area contributed by atoms with Gasteiger partial charge in [0, 0.05) is 33.9 Å². The molecule has 0 saturated carbocycles. The van der Waals surface area contributed by atoms with E-state index in [4.69, 9.17) is 15.7 Å². The number of carboxylic acid groups (broad SMARTS) is 2. The lowest BCUT2D eigenvalue weighted by Crippen LogP contribution is -2.71. The van der Waals surface area contributed by atoms with Crippen LogP contribution in [0.2, 0.25) is 0 Å². The third kappa shape index (κ3) is 6.37. The Morgan fingerprint density at radius 1 is 1.38 bits per heavy atom. The van der Waals surface area contributed by atoms with Gasteiger partial charge in [0.25, 0.3) is 11.8 Å². The van der Waals surface area contributed by atoms with Crippen molar-refractivity contribution in [2.24, 2.45) is 5.16 Å². The summed E-state index contributed by atoms with van der Waals surface area (Å²) in [7, 11) is 0. The number of halogens is 1.